The highest BCUT2D eigenvalue weighted by molar-refractivity contribution is 9.10. The number of aliphatic carboxylic acids is 1. The molecule has 0 bridgehead atoms. The van der Waals surface area contributed by atoms with Crippen molar-refractivity contribution in [3.63, 3.8) is 0 Å². The number of nitrogens with zero attached hydrogens (tertiary/aromatic N) is 2. The van der Waals surface area contributed by atoms with E-state index in [2.05, 4.69) is 30.9 Å². The molecule has 0 aliphatic heterocycles. The fourth-order valence-corrected chi connectivity index (χ4v) is 1.60. The molecule has 2 N–H and O–H groups in total. The summed E-state index contributed by atoms with van der Waals surface area (Å²) in [5, 5.41) is 8.61. The van der Waals surface area contributed by atoms with Gasteiger partial charge in [0.05, 0.1) is 11.2 Å². The van der Waals surface area contributed by atoms with Crippen LogP contribution in [0.5, 0.6) is 0 Å². The molecule has 0 unspecified atom stereocenters. The number of pyridine rings is 1. The number of carboxylic acid groups (broad SMARTS) is 1. The van der Waals surface area contributed by atoms with Crippen LogP contribution in [0.3, 0.4) is 0 Å². The average Bonchev–Trinajstić information content (AvgIpc) is 2.46. The quantitative estimate of drug-likeness (QED) is 0.869. The van der Waals surface area contributed by atoms with E-state index in [0.29, 0.717) is 11.5 Å². The van der Waals surface area contributed by atoms with Gasteiger partial charge in [-0.05, 0) is 28.9 Å². The molecule has 0 spiro atoms. The standard InChI is InChI=1S/C9H8BrN3O2/c1-4-5(10)2-6-9(11-4)13-7(12-6)3-8(14)15/h2H,3H2,1H3,(H,14,15)(H,11,12,13). The molecular formula is C9H8BrN3O2. The number of hydrogen-bond acceptors (Lipinski definition) is 3. The Morgan fingerprint density at radius 2 is 2.33 bits per heavy atom. The Hall–Kier alpha value is -1.43. The molecular weight excluding hydrogens is 262 g/mol. The van der Waals surface area contributed by atoms with E-state index >= 15 is 0 Å². The van der Waals surface area contributed by atoms with Gasteiger partial charge in [-0.2, -0.15) is 0 Å². The number of imidazole rings is 1. The molecule has 0 aliphatic rings. The van der Waals surface area contributed by atoms with Crippen molar-refractivity contribution in [1.29, 1.82) is 0 Å². The van der Waals surface area contributed by atoms with Crippen LogP contribution in [0, 0.1) is 6.92 Å². The lowest BCUT2D eigenvalue weighted by Gasteiger charge is -1.94. The molecule has 2 heterocycles. The molecule has 0 radical (unpaired) electrons. The maximum atomic E-state index is 10.5. The molecule has 0 amide bonds. The molecule has 5 nitrogen and oxygen atoms in total. The minimum absolute atomic E-state index is 0.118. The number of aryl methyl sites for hydroxylation is 1. The van der Waals surface area contributed by atoms with Gasteiger partial charge in [0.15, 0.2) is 5.65 Å². The van der Waals surface area contributed by atoms with Crippen molar-refractivity contribution >= 4 is 33.1 Å². The van der Waals surface area contributed by atoms with Gasteiger partial charge in [-0.25, -0.2) is 9.97 Å². The summed E-state index contributed by atoms with van der Waals surface area (Å²) >= 11 is 3.35. The molecule has 0 fully saturated rings. The number of carbonyl (C=O) groups is 1. The number of carboxylic acids is 1. The monoisotopic (exact) mass is 269 g/mol. The maximum absolute atomic E-state index is 10.5. The first-order valence-electron chi connectivity index (χ1n) is 4.30. The average molecular weight is 270 g/mol. The first kappa shape index (κ1) is 10.1. The van der Waals surface area contributed by atoms with Crippen molar-refractivity contribution in [2.75, 3.05) is 0 Å². The van der Waals surface area contributed by atoms with E-state index in [-0.39, 0.29) is 6.42 Å². The molecule has 2 aromatic heterocycles. The van der Waals surface area contributed by atoms with Crippen LogP contribution in [-0.2, 0) is 11.2 Å². The zero-order valence-corrected chi connectivity index (χ0v) is 9.50. The highest BCUT2D eigenvalue weighted by Crippen LogP contribution is 2.19. The van der Waals surface area contributed by atoms with Crippen LogP contribution in [0.2, 0.25) is 0 Å². The Kier molecular flexibility index (Phi) is 2.44. The van der Waals surface area contributed by atoms with Crippen molar-refractivity contribution in [3.05, 3.63) is 22.1 Å². The largest absolute Gasteiger partial charge is 0.481 e. The summed E-state index contributed by atoms with van der Waals surface area (Å²) in [7, 11) is 0. The zero-order valence-electron chi connectivity index (χ0n) is 7.91. The Balaban J connectivity index is 2.51. The van der Waals surface area contributed by atoms with Gasteiger partial charge in [0.25, 0.3) is 0 Å². The van der Waals surface area contributed by atoms with Crippen molar-refractivity contribution in [2.45, 2.75) is 13.3 Å². The van der Waals surface area contributed by atoms with Crippen LogP contribution in [0.15, 0.2) is 10.5 Å². The summed E-state index contributed by atoms with van der Waals surface area (Å²) in [6.45, 7) is 1.86. The van der Waals surface area contributed by atoms with E-state index in [1.54, 1.807) is 0 Å². The molecule has 78 valence electrons. The zero-order chi connectivity index (χ0) is 11.0. The third-order valence-corrected chi connectivity index (χ3v) is 2.77. The molecule has 0 aliphatic carbocycles. The number of fused-ring (bicyclic) bond motifs is 1. The summed E-state index contributed by atoms with van der Waals surface area (Å²) in [6.07, 6.45) is -0.118. The Morgan fingerprint density at radius 1 is 1.60 bits per heavy atom. The fourth-order valence-electron chi connectivity index (χ4n) is 1.28. The Morgan fingerprint density at radius 3 is 3.00 bits per heavy atom. The normalized spacial score (nSPS) is 10.8. The van der Waals surface area contributed by atoms with Crippen LogP contribution < -0.4 is 0 Å². The van der Waals surface area contributed by atoms with Gasteiger partial charge in [0, 0.05) is 4.47 Å². The van der Waals surface area contributed by atoms with Crippen LogP contribution in [0.1, 0.15) is 11.5 Å². The lowest BCUT2D eigenvalue weighted by molar-refractivity contribution is -0.136. The molecule has 6 heteroatoms. The van der Waals surface area contributed by atoms with Crippen molar-refractivity contribution in [3.8, 4) is 0 Å². The third-order valence-electron chi connectivity index (χ3n) is 1.97. The predicted molar refractivity (Wildman–Crippen MR) is 57.7 cm³/mol. The summed E-state index contributed by atoms with van der Waals surface area (Å²) in [6, 6.07) is 1.84. The van der Waals surface area contributed by atoms with E-state index in [1.807, 2.05) is 13.0 Å². The SMILES string of the molecule is Cc1nc2nc(CC(=O)O)[nH]c2cc1Br. The summed E-state index contributed by atoms with van der Waals surface area (Å²) in [5.74, 6) is -0.493. The minimum Gasteiger partial charge on any atom is -0.481 e. The highest BCUT2D eigenvalue weighted by Gasteiger charge is 2.09. The van der Waals surface area contributed by atoms with Crippen molar-refractivity contribution in [2.24, 2.45) is 0 Å². The summed E-state index contributed by atoms with van der Waals surface area (Å²) in [4.78, 5) is 21.7. The summed E-state index contributed by atoms with van der Waals surface area (Å²) < 4.78 is 0.875. The number of nitrogens with one attached hydrogen (secondary N) is 1. The van der Waals surface area contributed by atoms with Crippen LogP contribution in [0.25, 0.3) is 11.2 Å². The molecule has 0 aromatic carbocycles. The molecule has 0 saturated heterocycles. The number of halogens is 1. The van der Waals surface area contributed by atoms with Crippen molar-refractivity contribution < 1.29 is 9.90 Å². The Labute approximate surface area is 93.7 Å². The highest BCUT2D eigenvalue weighted by atomic mass is 79.9. The van der Waals surface area contributed by atoms with Gasteiger partial charge in [-0.3, -0.25) is 4.79 Å². The molecule has 2 aromatic rings. The second kappa shape index (κ2) is 3.62. The molecule has 15 heavy (non-hydrogen) atoms. The fraction of sp³-hybridized carbons (Fsp3) is 0.222. The first-order valence-corrected chi connectivity index (χ1v) is 5.09. The summed E-state index contributed by atoms with van der Waals surface area (Å²) in [5.41, 5.74) is 2.12. The topological polar surface area (TPSA) is 78.9 Å². The number of rotatable bonds is 2. The minimum atomic E-state index is -0.912. The van der Waals surface area contributed by atoms with Gasteiger partial charge >= 0.3 is 5.97 Å². The molecule has 0 saturated carbocycles. The van der Waals surface area contributed by atoms with Gasteiger partial charge in [0.2, 0.25) is 0 Å². The molecule has 2 rings (SSSR count). The van der Waals surface area contributed by atoms with E-state index in [9.17, 15) is 4.79 Å². The van der Waals surface area contributed by atoms with Gasteiger partial charge in [-0.1, -0.05) is 0 Å². The van der Waals surface area contributed by atoms with Gasteiger partial charge in [-0.15, -0.1) is 0 Å². The Bertz CT molecular complexity index is 496. The van der Waals surface area contributed by atoms with Crippen LogP contribution >= 0.6 is 15.9 Å². The number of aromatic nitrogens is 3. The van der Waals surface area contributed by atoms with Gasteiger partial charge in [0.1, 0.15) is 12.2 Å². The van der Waals surface area contributed by atoms with Crippen LogP contribution in [0.4, 0.5) is 0 Å². The van der Waals surface area contributed by atoms with E-state index < -0.39 is 5.97 Å². The number of hydrogen-bond donors (Lipinski definition) is 2. The van der Waals surface area contributed by atoms with E-state index in [0.717, 1.165) is 15.7 Å². The number of aromatic amines is 1. The van der Waals surface area contributed by atoms with Gasteiger partial charge < -0.3 is 10.1 Å². The number of H-pyrrole nitrogens is 1. The first-order chi connectivity index (χ1) is 7.06. The maximum Gasteiger partial charge on any atom is 0.311 e. The third kappa shape index (κ3) is 1.99. The smallest absolute Gasteiger partial charge is 0.311 e. The second-order valence-electron chi connectivity index (χ2n) is 3.18. The lowest BCUT2D eigenvalue weighted by Crippen LogP contribution is -2.01. The van der Waals surface area contributed by atoms with Crippen molar-refractivity contribution in [1.82, 2.24) is 15.0 Å². The van der Waals surface area contributed by atoms with Crippen LogP contribution in [-0.4, -0.2) is 26.0 Å². The van der Waals surface area contributed by atoms with E-state index in [1.165, 1.54) is 0 Å². The van der Waals surface area contributed by atoms with E-state index in [4.69, 9.17) is 5.11 Å². The second-order valence-corrected chi connectivity index (χ2v) is 4.04. The molecule has 0 atom stereocenters. The lowest BCUT2D eigenvalue weighted by atomic mass is 10.3. The predicted octanol–water partition coefficient (Wildman–Crippen LogP) is 1.66.